The fourth-order valence-corrected chi connectivity index (χ4v) is 8.47. The van der Waals surface area contributed by atoms with Crippen molar-refractivity contribution in [3.05, 3.63) is 11.6 Å². The number of allylic oxidation sites excluding steroid dienone is 1. The first kappa shape index (κ1) is 28.6. The molecule has 11 atom stereocenters. The third kappa shape index (κ3) is 4.81. The molecule has 3 aliphatic carbocycles. The number of Topliss-reactive ketones (excluding diaryl/α,β-unsaturated/α-hetero) is 1. The lowest BCUT2D eigenvalue weighted by atomic mass is 9.45. The van der Waals surface area contributed by atoms with E-state index in [-0.39, 0.29) is 35.2 Å². The van der Waals surface area contributed by atoms with Crippen molar-refractivity contribution in [1.29, 1.82) is 0 Å². The van der Waals surface area contributed by atoms with Crippen LogP contribution in [0.15, 0.2) is 11.6 Å². The van der Waals surface area contributed by atoms with E-state index in [1.54, 1.807) is 0 Å². The molecule has 0 radical (unpaired) electrons. The normalized spacial score (nSPS) is 50.8. The van der Waals surface area contributed by atoms with E-state index in [4.69, 9.17) is 18.9 Å². The van der Waals surface area contributed by atoms with Crippen LogP contribution in [0.3, 0.4) is 0 Å². The Kier molecular flexibility index (Phi) is 7.43. The fraction of sp³-hybridized carbons (Fsp3) is 0.897. The summed E-state index contributed by atoms with van der Waals surface area (Å²) in [5.41, 5.74) is 0.650. The number of carbonyl (C=O) groups excluding carboxylic acids is 1. The first-order valence-corrected chi connectivity index (χ1v) is 14.2. The van der Waals surface area contributed by atoms with Gasteiger partial charge in [-0.15, -0.1) is 0 Å². The maximum absolute atomic E-state index is 13.2. The molecule has 2 heterocycles. The van der Waals surface area contributed by atoms with Crippen LogP contribution in [0.2, 0.25) is 0 Å². The molecular formula is C29H46O9. The van der Waals surface area contributed by atoms with Gasteiger partial charge < -0.3 is 39.4 Å². The number of aliphatic hydroxyl groups excluding tert-OH is 4. The summed E-state index contributed by atoms with van der Waals surface area (Å²) in [6, 6.07) is 0. The summed E-state index contributed by atoms with van der Waals surface area (Å²) in [7, 11) is 0. The summed E-state index contributed by atoms with van der Waals surface area (Å²) < 4.78 is 23.8. The highest BCUT2D eigenvalue weighted by atomic mass is 16.7. The van der Waals surface area contributed by atoms with Crippen molar-refractivity contribution in [2.45, 2.75) is 116 Å². The molecule has 0 aromatic heterocycles. The van der Waals surface area contributed by atoms with Crippen molar-refractivity contribution >= 4 is 5.78 Å². The van der Waals surface area contributed by atoms with E-state index in [2.05, 4.69) is 26.8 Å². The molecule has 0 spiro atoms. The summed E-state index contributed by atoms with van der Waals surface area (Å²) in [6.45, 7) is 10.8. The highest BCUT2D eigenvalue weighted by molar-refractivity contribution is 5.81. The van der Waals surface area contributed by atoms with Crippen LogP contribution in [0.5, 0.6) is 0 Å². The second kappa shape index (κ2) is 9.87. The Morgan fingerprint density at radius 2 is 1.76 bits per heavy atom. The molecule has 5 aliphatic rings. The number of ketones is 1. The molecule has 5 rings (SSSR count). The summed E-state index contributed by atoms with van der Waals surface area (Å²) >= 11 is 0. The molecule has 9 heteroatoms. The Hall–Kier alpha value is -0.910. The van der Waals surface area contributed by atoms with Crippen molar-refractivity contribution in [2.75, 3.05) is 19.8 Å². The number of hydrogen-bond acceptors (Lipinski definition) is 9. The molecular weight excluding hydrogens is 492 g/mol. The summed E-state index contributed by atoms with van der Waals surface area (Å²) in [5.74, 6) is 0.188. The molecule has 2 aliphatic heterocycles. The minimum Gasteiger partial charge on any atom is -0.394 e. The van der Waals surface area contributed by atoms with Gasteiger partial charge in [0.1, 0.15) is 30.2 Å². The number of fused-ring (bicyclic) bond motifs is 3. The molecule has 2 saturated carbocycles. The summed E-state index contributed by atoms with van der Waals surface area (Å²) in [4.78, 5) is 13.2. The predicted octanol–water partition coefficient (Wildman–Crippen LogP) is 2.08. The molecule has 0 aromatic rings. The number of rotatable bonds is 5. The first-order chi connectivity index (χ1) is 17.7. The van der Waals surface area contributed by atoms with Gasteiger partial charge in [-0.25, -0.2) is 0 Å². The lowest BCUT2D eigenvalue weighted by molar-refractivity contribution is -0.309. The summed E-state index contributed by atoms with van der Waals surface area (Å²) in [6.07, 6.45) is 0.636. The molecule has 2 saturated heterocycles. The SMILES string of the molecule is CC1(C)OC[C@@H]([C@]2(C)C=C3CC[C@H]4[C@](C)(CO[C@@H]5O[C@H](CO)[C@@H](O)[C@H](O)[C@H]5O)CC(=O)C[C@@]4(C)[C@H]3CC2)O1. The Morgan fingerprint density at radius 1 is 1.03 bits per heavy atom. The van der Waals surface area contributed by atoms with Gasteiger partial charge in [-0.3, -0.25) is 4.79 Å². The molecule has 4 fully saturated rings. The quantitative estimate of drug-likeness (QED) is 0.388. The minimum atomic E-state index is -1.49. The molecule has 9 nitrogen and oxygen atoms in total. The van der Waals surface area contributed by atoms with Gasteiger partial charge in [0.25, 0.3) is 0 Å². The maximum Gasteiger partial charge on any atom is 0.186 e. The van der Waals surface area contributed by atoms with Crippen molar-refractivity contribution in [2.24, 2.45) is 28.1 Å². The summed E-state index contributed by atoms with van der Waals surface area (Å²) in [5, 5.41) is 40.2. The smallest absolute Gasteiger partial charge is 0.186 e. The zero-order valence-corrected chi connectivity index (χ0v) is 23.4. The first-order valence-electron chi connectivity index (χ1n) is 14.2. The van der Waals surface area contributed by atoms with E-state index < -0.39 is 48.5 Å². The van der Waals surface area contributed by atoms with Crippen LogP contribution in [0.1, 0.15) is 73.1 Å². The van der Waals surface area contributed by atoms with Crippen molar-refractivity contribution < 1.29 is 44.2 Å². The number of hydrogen-bond donors (Lipinski definition) is 4. The highest BCUT2D eigenvalue weighted by Crippen LogP contribution is 2.63. The number of carbonyl (C=O) groups is 1. The van der Waals surface area contributed by atoms with Gasteiger partial charge in [0.05, 0.1) is 25.9 Å². The van der Waals surface area contributed by atoms with Crippen LogP contribution >= 0.6 is 0 Å². The average molecular weight is 539 g/mol. The average Bonchev–Trinajstić information content (AvgIpc) is 3.22. The van der Waals surface area contributed by atoms with E-state index in [1.807, 2.05) is 13.8 Å². The lowest BCUT2D eigenvalue weighted by Gasteiger charge is -2.60. The third-order valence-electron chi connectivity index (χ3n) is 10.4. The molecule has 38 heavy (non-hydrogen) atoms. The van der Waals surface area contributed by atoms with Gasteiger partial charge in [0.2, 0.25) is 0 Å². The second-order valence-corrected chi connectivity index (χ2v) is 13.8. The molecule has 216 valence electrons. The van der Waals surface area contributed by atoms with Crippen molar-refractivity contribution in [3.63, 3.8) is 0 Å². The molecule has 0 aromatic carbocycles. The maximum atomic E-state index is 13.2. The van der Waals surface area contributed by atoms with Gasteiger partial charge in [0, 0.05) is 23.7 Å². The topological polar surface area (TPSA) is 135 Å². The largest absolute Gasteiger partial charge is 0.394 e. The monoisotopic (exact) mass is 538 g/mol. The van der Waals surface area contributed by atoms with E-state index >= 15 is 0 Å². The fourth-order valence-electron chi connectivity index (χ4n) is 8.47. The predicted molar refractivity (Wildman–Crippen MR) is 137 cm³/mol. The van der Waals surface area contributed by atoms with Crippen LogP contribution in [-0.4, -0.2) is 88.6 Å². The van der Waals surface area contributed by atoms with Gasteiger partial charge in [-0.05, 0) is 56.8 Å². The van der Waals surface area contributed by atoms with Gasteiger partial charge in [-0.1, -0.05) is 32.4 Å². The van der Waals surface area contributed by atoms with E-state index in [0.717, 1.165) is 25.7 Å². The van der Waals surface area contributed by atoms with Gasteiger partial charge in [0.15, 0.2) is 12.1 Å². The molecule has 0 bridgehead atoms. The highest BCUT2D eigenvalue weighted by Gasteiger charge is 2.59. The van der Waals surface area contributed by atoms with Gasteiger partial charge in [-0.2, -0.15) is 0 Å². The number of ether oxygens (including phenoxy) is 4. The number of aliphatic hydroxyl groups is 4. The van der Waals surface area contributed by atoms with E-state index in [9.17, 15) is 25.2 Å². The molecule has 0 unspecified atom stereocenters. The van der Waals surface area contributed by atoms with E-state index in [0.29, 0.717) is 25.4 Å². The zero-order valence-electron chi connectivity index (χ0n) is 23.4. The van der Waals surface area contributed by atoms with Gasteiger partial charge >= 0.3 is 0 Å². The van der Waals surface area contributed by atoms with Crippen LogP contribution in [0.4, 0.5) is 0 Å². The second-order valence-electron chi connectivity index (χ2n) is 13.8. The Morgan fingerprint density at radius 3 is 2.42 bits per heavy atom. The Bertz CT molecular complexity index is 948. The van der Waals surface area contributed by atoms with Crippen LogP contribution in [0.25, 0.3) is 0 Å². The Balaban J connectivity index is 1.34. The molecule has 0 amide bonds. The van der Waals surface area contributed by atoms with Crippen LogP contribution in [0, 0.1) is 28.1 Å². The third-order valence-corrected chi connectivity index (χ3v) is 10.4. The standard InChI is InChI=1S/C29H46O9/c1-26(2)36-14-21(38-26)27(3)9-8-18-16(10-27)6-7-20-28(4,11-17(31)12-29(18,20)5)15-35-25-24(34)23(33)22(32)19(13-30)37-25/h10,18-25,30,32-34H,6-9,11-15H2,1-5H3/t18-,19+,20-,21-,22+,23-,24+,25+,27-,28-,29-/m0/s1. The van der Waals surface area contributed by atoms with Crippen molar-refractivity contribution in [1.82, 2.24) is 0 Å². The van der Waals surface area contributed by atoms with Crippen LogP contribution < -0.4 is 0 Å². The lowest BCUT2D eigenvalue weighted by Crippen LogP contribution is -2.60. The zero-order chi connectivity index (χ0) is 27.7. The molecule has 4 N–H and O–H groups in total. The van der Waals surface area contributed by atoms with E-state index in [1.165, 1.54) is 5.57 Å². The van der Waals surface area contributed by atoms with Crippen LogP contribution in [-0.2, 0) is 23.7 Å². The minimum absolute atomic E-state index is 0.0154. The Labute approximate surface area is 225 Å². The van der Waals surface area contributed by atoms with Crippen molar-refractivity contribution in [3.8, 4) is 0 Å².